The first kappa shape index (κ1) is 12.7. The van der Waals surface area contributed by atoms with Gasteiger partial charge in [0.15, 0.2) is 0 Å². The summed E-state index contributed by atoms with van der Waals surface area (Å²) in [6.45, 7) is 2.80. The highest BCUT2D eigenvalue weighted by Gasteiger charge is 2.41. The molecular weight excluding hydrogens is 203 g/mol. The highest BCUT2D eigenvalue weighted by Crippen LogP contribution is 2.15. The second-order valence-electron chi connectivity index (χ2n) is 3.03. The van der Waals surface area contributed by atoms with Crippen molar-refractivity contribution in [3.05, 3.63) is 0 Å². The Morgan fingerprint density at radius 3 is 1.93 bits per heavy atom. The summed E-state index contributed by atoms with van der Waals surface area (Å²) in [5.74, 6) is -4.34. The van der Waals surface area contributed by atoms with Crippen molar-refractivity contribution < 1.29 is 27.9 Å². The summed E-state index contributed by atoms with van der Waals surface area (Å²) in [6, 6.07) is -1.52. The number of aliphatic carboxylic acids is 1. The van der Waals surface area contributed by atoms with Crippen LogP contribution in [0.1, 0.15) is 13.8 Å². The lowest BCUT2D eigenvalue weighted by Gasteiger charge is -2.18. The van der Waals surface area contributed by atoms with E-state index in [2.05, 4.69) is 0 Å². The second kappa shape index (κ2) is 4.30. The lowest BCUT2D eigenvalue weighted by atomic mass is 10.1. The number of carboxylic acids is 1. The van der Waals surface area contributed by atoms with Gasteiger partial charge in [-0.15, -0.1) is 0 Å². The summed E-state index contributed by atoms with van der Waals surface area (Å²) in [6.07, 6.45) is -5.05. The van der Waals surface area contributed by atoms with E-state index in [9.17, 15) is 22.8 Å². The standard InChI is InChI=1S/C7H10F3NO3/c1-3(2)4(5(12)13)11-6(14)7(8,9)10/h3-4H,1-2H3,(H,11,14)(H,12,13)/t4-/m1/s1. The second-order valence-corrected chi connectivity index (χ2v) is 3.03. The first-order chi connectivity index (χ1) is 6.16. The van der Waals surface area contributed by atoms with Gasteiger partial charge >= 0.3 is 18.1 Å². The average molecular weight is 213 g/mol. The van der Waals surface area contributed by atoms with Crippen molar-refractivity contribution in [3.8, 4) is 0 Å². The quantitative estimate of drug-likeness (QED) is 0.727. The fourth-order valence-electron chi connectivity index (χ4n) is 0.737. The molecule has 1 atom stereocenters. The minimum absolute atomic E-state index is 0.612. The van der Waals surface area contributed by atoms with Gasteiger partial charge in [-0.3, -0.25) is 4.79 Å². The van der Waals surface area contributed by atoms with Crippen LogP contribution in [0.3, 0.4) is 0 Å². The van der Waals surface area contributed by atoms with Gasteiger partial charge in [0.1, 0.15) is 6.04 Å². The van der Waals surface area contributed by atoms with Crippen LogP contribution in [-0.2, 0) is 9.59 Å². The number of amides is 1. The molecule has 0 aromatic rings. The zero-order valence-electron chi connectivity index (χ0n) is 7.55. The van der Waals surface area contributed by atoms with Crippen LogP contribution in [0.4, 0.5) is 13.2 Å². The van der Waals surface area contributed by atoms with E-state index in [1.807, 2.05) is 0 Å². The van der Waals surface area contributed by atoms with Crippen molar-refractivity contribution in [1.29, 1.82) is 0 Å². The summed E-state index contributed by atoms with van der Waals surface area (Å²) >= 11 is 0. The molecule has 0 aromatic carbocycles. The molecule has 0 heterocycles. The maximum Gasteiger partial charge on any atom is 0.471 e. The molecule has 0 radical (unpaired) electrons. The minimum atomic E-state index is -5.05. The van der Waals surface area contributed by atoms with E-state index >= 15 is 0 Å². The third-order valence-electron chi connectivity index (χ3n) is 1.48. The summed E-state index contributed by atoms with van der Waals surface area (Å²) in [4.78, 5) is 20.8. The molecule has 4 nitrogen and oxygen atoms in total. The van der Waals surface area contributed by atoms with E-state index < -0.39 is 30.0 Å². The van der Waals surface area contributed by atoms with Crippen LogP contribution in [0.25, 0.3) is 0 Å². The monoisotopic (exact) mass is 213 g/mol. The largest absolute Gasteiger partial charge is 0.480 e. The molecule has 0 unspecified atom stereocenters. The summed E-state index contributed by atoms with van der Waals surface area (Å²) < 4.78 is 35.2. The van der Waals surface area contributed by atoms with Gasteiger partial charge in [-0.2, -0.15) is 13.2 Å². The highest BCUT2D eigenvalue weighted by molar-refractivity contribution is 5.87. The third kappa shape index (κ3) is 3.63. The molecule has 0 rings (SSSR count). The van der Waals surface area contributed by atoms with Crippen molar-refractivity contribution >= 4 is 11.9 Å². The molecule has 1 amide bonds. The van der Waals surface area contributed by atoms with Gasteiger partial charge in [-0.05, 0) is 5.92 Å². The number of carbonyl (C=O) groups is 2. The van der Waals surface area contributed by atoms with Crippen LogP contribution >= 0.6 is 0 Å². The van der Waals surface area contributed by atoms with Crippen LogP contribution in [0.15, 0.2) is 0 Å². The molecule has 0 bridgehead atoms. The van der Waals surface area contributed by atoms with Crippen LogP contribution in [0.2, 0.25) is 0 Å². The Bertz CT molecular complexity index is 237. The predicted octanol–water partition coefficient (Wildman–Crippen LogP) is 0.774. The fourth-order valence-corrected chi connectivity index (χ4v) is 0.737. The molecule has 0 saturated heterocycles. The first-order valence-electron chi connectivity index (χ1n) is 3.76. The highest BCUT2D eigenvalue weighted by atomic mass is 19.4. The normalized spacial score (nSPS) is 13.9. The number of rotatable bonds is 3. The van der Waals surface area contributed by atoms with E-state index in [-0.39, 0.29) is 0 Å². The van der Waals surface area contributed by atoms with Crippen molar-refractivity contribution in [1.82, 2.24) is 5.32 Å². The Hall–Kier alpha value is -1.27. The van der Waals surface area contributed by atoms with Crippen LogP contribution in [0, 0.1) is 5.92 Å². The third-order valence-corrected chi connectivity index (χ3v) is 1.48. The van der Waals surface area contributed by atoms with Crippen LogP contribution in [-0.4, -0.2) is 29.2 Å². The minimum Gasteiger partial charge on any atom is -0.480 e. The molecule has 0 fully saturated rings. The number of hydrogen-bond donors (Lipinski definition) is 2. The molecule has 14 heavy (non-hydrogen) atoms. The van der Waals surface area contributed by atoms with E-state index in [0.29, 0.717) is 0 Å². The summed E-state index contributed by atoms with van der Waals surface area (Å²) in [5.41, 5.74) is 0. The van der Waals surface area contributed by atoms with E-state index in [1.54, 1.807) is 0 Å². The molecule has 0 aliphatic rings. The number of carboxylic acid groups (broad SMARTS) is 1. The van der Waals surface area contributed by atoms with Crippen molar-refractivity contribution in [3.63, 3.8) is 0 Å². The fraction of sp³-hybridized carbons (Fsp3) is 0.714. The van der Waals surface area contributed by atoms with Crippen molar-refractivity contribution in [2.45, 2.75) is 26.1 Å². The number of carbonyl (C=O) groups excluding carboxylic acids is 1. The molecular formula is C7H10F3NO3. The van der Waals surface area contributed by atoms with E-state index in [0.717, 1.165) is 0 Å². The molecule has 0 aliphatic carbocycles. The Morgan fingerprint density at radius 1 is 1.29 bits per heavy atom. The Balaban J connectivity index is 4.48. The van der Waals surface area contributed by atoms with E-state index in [4.69, 9.17) is 5.11 Å². The molecule has 0 saturated carbocycles. The number of alkyl halides is 3. The van der Waals surface area contributed by atoms with Gasteiger partial charge in [0.25, 0.3) is 0 Å². The maximum absolute atomic E-state index is 11.7. The molecule has 82 valence electrons. The molecule has 0 spiro atoms. The Labute approximate surface area is 78.1 Å². The van der Waals surface area contributed by atoms with E-state index in [1.165, 1.54) is 19.2 Å². The predicted molar refractivity (Wildman–Crippen MR) is 40.5 cm³/mol. The topological polar surface area (TPSA) is 66.4 Å². The summed E-state index contributed by atoms with van der Waals surface area (Å²) in [5, 5.41) is 9.87. The van der Waals surface area contributed by atoms with Crippen molar-refractivity contribution in [2.75, 3.05) is 0 Å². The average Bonchev–Trinajstić information content (AvgIpc) is 1.96. The van der Waals surface area contributed by atoms with Gasteiger partial charge < -0.3 is 10.4 Å². The number of hydrogen-bond acceptors (Lipinski definition) is 2. The van der Waals surface area contributed by atoms with Crippen LogP contribution in [0.5, 0.6) is 0 Å². The van der Waals surface area contributed by atoms with Gasteiger partial charge in [-0.25, -0.2) is 4.79 Å². The van der Waals surface area contributed by atoms with Gasteiger partial charge in [0.2, 0.25) is 0 Å². The zero-order chi connectivity index (χ0) is 11.5. The lowest BCUT2D eigenvalue weighted by molar-refractivity contribution is -0.176. The molecule has 2 N–H and O–H groups in total. The van der Waals surface area contributed by atoms with Gasteiger partial charge in [0, 0.05) is 0 Å². The number of halogens is 3. The summed E-state index contributed by atoms with van der Waals surface area (Å²) in [7, 11) is 0. The molecule has 7 heteroatoms. The smallest absolute Gasteiger partial charge is 0.471 e. The lowest BCUT2D eigenvalue weighted by Crippen LogP contribution is -2.49. The SMILES string of the molecule is CC(C)[C@@H](NC(=O)C(F)(F)F)C(=O)O. The number of nitrogens with one attached hydrogen (secondary N) is 1. The Kier molecular flexibility index (Phi) is 3.91. The molecule has 0 aliphatic heterocycles. The zero-order valence-corrected chi connectivity index (χ0v) is 7.55. The molecule has 0 aromatic heterocycles. The van der Waals surface area contributed by atoms with Gasteiger partial charge in [0.05, 0.1) is 0 Å². The van der Waals surface area contributed by atoms with Crippen LogP contribution < -0.4 is 5.32 Å². The first-order valence-corrected chi connectivity index (χ1v) is 3.76. The maximum atomic E-state index is 11.7. The van der Waals surface area contributed by atoms with Crippen molar-refractivity contribution in [2.24, 2.45) is 5.92 Å². The van der Waals surface area contributed by atoms with Gasteiger partial charge in [-0.1, -0.05) is 13.8 Å². The Morgan fingerprint density at radius 2 is 1.71 bits per heavy atom.